The molecule has 2 rings (SSSR count). The maximum absolute atomic E-state index is 12.4. The molecule has 0 N–H and O–H groups in total. The van der Waals surface area contributed by atoms with E-state index >= 15 is 0 Å². The van der Waals surface area contributed by atoms with E-state index in [-0.39, 0.29) is 11.3 Å². The highest BCUT2D eigenvalue weighted by Gasteiger charge is 2.30. The first-order valence-corrected chi connectivity index (χ1v) is 6.81. The number of hydrogen-bond donors (Lipinski definition) is 0. The fourth-order valence-electron chi connectivity index (χ4n) is 1.70. The number of ketones is 1. The fourth-order valence-corrected chi connectivity index (χ4v) is 2.11. The molecule has 21 heavy (non-hydrogen) atoms. The SMILES string of the molecule is O=C(/C=C/c1ccccc1Br)c1ccc(C(F)(F)F)cc1. The van der Waals surface area contributed by atoms with Gasteiger partial charge in [-0.15, -0.1) is 0 Å². The highest BCUT2D eigenvalue weighted by atomic mass is 79.9. The van der Waals surface area contributed by atoms with Crippen molar-refractivity contribution in [3.8, 4) is 0 Å². The molecule has 0 saturated carbocycles. The summed E-state index contributed by atoms with van der Waals surface area (Å²) in [6.07, 6.45) is -1.45. The van der Waals surface area contributed by atoms with Gasteiger partial charge in [-0.2, -0.15) is 13.2 Å². The van der Waals surface area contributed by atoms with Crippen LogP contribution in [0.25, 0.3) is 6.08 Å². The van der Waals surface area contributed by atoms with E-state index in [1.807, 2.05) is 24.3 Å². The molecule has 0 aliphatic rings. The third kappa shape index (κ3) is 4.04. The van der Waals surface area contributed by atoms with Crippen molar-refractivity contribution in [2.75, 3.05) is 0 Å². The minimum Gasteiger partial charge on any atom is -0.289 e. The van der Waals surface area contributed by atoms with Gasteiger partial charge in [0.15, 0.2) is 5.78 Å². The monoisotopic (exact) mass is 354 g/mol. The van der Waals surface area contributed by atoms with Gasteiger partial charge in [0.05, 0.1) is 5.56 Å². The third-order valence-corrected chi connectivity index (χ3v) is 3.54. The molecule has 108 valence electrons. The summed E-state index contributed by atoms with van der Waals surface area (Å²) in [5, 5.41) is 0. The van der Waals surface area contributed by atoms with Crippen LogP contribution in [0.2, 0.25) is 0 Å². The van der Waals surface area contributed by atoms with E-state index in [9.17, 15) is 18.0 Å². The van der Waals surface area contributed by atoms with Crippen molar-refractivity contribution in [2.45, 2.75) is 6.18 Å². The lowest BCUT2D eigenvalue weighted by molar-refractivity contribution is -0.137. The predicted octanol–water partition coefficient (Wildman–Crippen LogP) is 5.36. The quantitative estimate of drug-likeness (QED) is 0.535. The van der Waals surface area contributed by atoms with Crippen LogP contribution in [0.15, 0.2) is 59.1 Å². The number of hydrogen-bond acceptors (Lipinski definition) is 1. The van der Waals surface area contributed by atoms with Crippen LogP contribution in [0.5, 0.6) is 0 Å². The van der Waals surface area contributed by atoms with E-state index in [0.29, 0.717) is 0 Å². The summed E-state index contributed by atoms with van der Waals surface area (Å²) >= 11 is 3.35. The Hall–Kier alpha value is -1.88. The van der Waals surface area contributed by atoms with Crippen LogP contribution in [-0.4, -0.2) is 5.78 Å². The van der Waals surface area contributed by atoms with Crippen LogP contribution in [0.4, 0.5) is 13.2 Å². The summed E-state index contributed by atoms with van der Waals surface area (Å²) in [6, 6.07) is 11.5. The Labute approximate surface area is 128 Å². The van der Waals surface area contributed by atoms with E-state index in [0.717, 1.165) is 22.2 Å². The van der Waals surface area contributed by atoms with Crippen molar-refractivity contribution in [1.82, 2.24) is 0 Å². The lowest BCUT2D eigenvalue weighted by atomic mass is 10.1. The minimum atomic E-state index is -4.40. The Bertz CT molecular complexity index is 673. The molecule has 2 aromatic carbocycles. The van der Waals surface area contributed by atoms with Gasteiger partial charge in [0.2, 0.25) is 0 Å². The van der Waals surface area contributed by atoms with Gasteiger partial charge in [-0.3, -0.25) is 4.79 Å². The molecule has 0 heterocycles. The van der Waals surface area contributed by atoms with Crippen molar-refractivity contribution in [2.24, 2.45) is 0 Å². The van der Waals surface area contributed by atoms with Gasteiger partial charge in [0.25, 0.3) is 0 Å². The second kappa shape index (κ2) is 6.26. The van der Waals surface area contributed by atoms with E-state index in [1.165, 1.54) is 18.2 Å². The van der Waals surface area contributed by atoms with Crippen molar-refractivity contribution in [3.63, 3.8) is 0 Å². The van der Waals surface area contributed by atoms with Gasteiger partial charge < -0.3 is 0 Å². The highest BCUT2D eigenvalue weighted by molar-refractivity contribution is 9.10. The number of carbonyl (C=O) groups excluding carboxylic acids is 1. The molecule has 0 fully saturated rings. The molecule has 2 aromatic rings. The van der Waals surface area contributed by atoms with Gasteiger partial charge in [-0.05, 0) is 35.9 Å². The average Bonchev–Trinajstić information content (AvgIpc) is 2.45. The third-order valence-electron chi connectivity index (χ3n) is 2.82. The number of rotatable bonds is 3. The Morgan fingerprint density at radius 3 is 2.19 bits per heavy atom. The largest absolute Gasteiger partial charge is 0.416 e. The summed E-state index contributed by atoms with van der Waals surface area (Å²) in [6.45, 7) is 0. The van der Waals surface area contributed by atoms with Crippen molar-refractivity contribution in [3.05, 3.63) is 75.8 Å². The molecule has 1 nitrogen and oxygen atoms in total. The van der Waals surface area contributed by atoms with E-state index in [2.05, 4.69) is 15.9 Å². The minimum absolute atomic E-state index is 0.214. The summed E-state index contributed by atoms with van der Waals surface area (Å²) < 4.78 is 38.1. The van der Waals surface area contributed by atoms with Crippen LogP contribution < -0.4 is 0 Å². The van der Waals surface area contributed by atoms with Crippen molar-refractivity contribution in [1.29, 1.82) is 0 Å². The van der Waals surface area contributed by atoms with E-state index in [1.54, 1.807) is 6.08 Å². The second-order valence-corrected chi connectivity index (χ2v) is 5.15. The molecule has 0 aliphatic carbocycles. The molecule has 0 spiro atoms. The second-order valence-electron chi connectivity index (χ2n) is 4.29. The zero-order valence-corrected chi connectivity index (χ0v) is 12.3. The van der Waals surface area contributed by atoms with Gasteiger partial charge >= 0.3 is 6.18 Å². The first kappa shape index (κ1) is 15.5. The molecule has 5 heteroatoms. The Morgan fingerprint density at radius 2 is 1.62 bits per heavy atom. The predicted molar refractivity (Wildman–Crippen MR) is 79.0 cm³/mol. The van der Waals surface area contributed by atoms with Crippen molar-refractivity contribution < 1.29 is 18.0 Å². The highest BCUT2D eigenvalue weighted by Crippen LogP contribution is 2.29. The maximum Gasteiger partial charge on any atom is 0.416 e. The first-order chi connectivity index (χ1) is 9.88. The zero-order chi connectivity index (χ0) is 15.5. The number of carbonyl (C=O) groups is 1. The fraction of sp³-hybridized carbons (Fsp3) is 0.0625. The summed E-state index contributed by atoms with van der Waals surface area (Å²) in [7, 11) is 0. The molecule has 0 unspecified atom stereocenters. The topological polar surface area (TPSA) is 17.1 Å². The molecular weight excluding hydrogens is 345 g/mol. The first-order valence-electron chi connectivity index (χ1n) is 6.02. The van der Waals surface area contributed by atoms with Crippen LogP contribution in [0, 0.1) is 0 Å². The molecular formula is C16H10BrF3O. The Balaban J connectivity index is 2.16. The summed E-state index contributed by atoms with van der Waals surface area (Å²) in [4.78, 5) is 11.9. The normalized spacial score (nSPS) is 11.8. The molecule has 0 saturated heterocycles. The zero-order valence-electron chi connectivity index (χ0n) is 10.7. The number of alkyl halides is 3. The van der Waals surface area contributed by atoms with Gasteiger partial charge in [0.1, 0.15) is 0 Å². The average molecular weight is 355 g/mol. The van der Waals surface area contributed by atoms with Gasteiger partial charge in [-0.25, -0.2) is 0 Å². The lowest BCUT2D eigenvalue weighted by Gasteiger charge is -2.06. The molecule has 0 radical (unpaired) electrons. The molecule has 0 aliphatic heterocycles. The molecule has 0 aromatic heterocycles. The number of allylic oxidation sites excluding steroid dienone is 1. The van der Waals surface area contributed by atoms with Gasteiger partial charge in [-0.1, -0.05) is 46.3 Å². The molecule has 0 atom stereocenters. The van der Waals surface area contributed by atoms with Crippen LogP contribution in [0.3, 0.4) is 0 Å². The summed E-state index contributed by atoms with van der Waals surface area (Å²) in [5.41, 5.74) is 0.262. The molecule has 0 bridgehead atoms. The van der Waals surface area contributed by atoms with Crippen molar-refractivity contribution >= 4 is 27.8 Å². The number of benzene rings is 2. The number of halogens is 4. The standard InChI is InChI=1S/C16H10BrF3O/c17-14-4-2-1-3-11(14)7-10-15(21)12-5-8-13(9-6-12)16(18,19)20/h1-10H/b10-7+. The molecule has 0 amide bonds. The van der Waals surface area contributed by atoms with E-state index < -0.39 is 11.7 Å². The maximum atomic E-state index is 12.4. The van der Waals surface area contributed by atoms with Crippen LogP contribution in [-0.2, 0) is 6.18 Å². The lowest BCUT2D eigenvalue weighted by Crippen LogP contribution is -2.05. The Morgan fingerprint density at radius 1 is 1.00 bits per heavy atom. The smallest absolute Gasteiger partial charge is 0.289 e. The Kier molecular flexibility index (Phi) is 4.63. The summed E-state index contributed by atoms with van der Waals surface area (Å²) in [5.74, 6) is -0.348. The van der Waals surface area contributed by atoms with Crippen LogP contribution in [0.1, 0.15) is 21.5 Å². The van der Waals surface area contributed by atoms with Crippen LogP contribution >= 0.6 is 15.9 Å². The van der Waals surface area contributed by atoms with Gasteiger partial charge in [0, 0.05) is 10.0 Å². The van der Waals surface area contributed by atoms with E-state index in [4.69, 9.17) is 0 Å².